The lowest BCUT2D eigenvalue weighted by atomic mass is 10.1. The van der Waals surface area contributed by atoms with Crippen LogP contribution in [0.1, 0.15) is 25.3 Å². The SMILES string of the molecule is CC1=C[C@H](N2CCN(c3ccc(C#N)cc3)CC2)CC1. The molecule has 1 atom stereocenters. The van der Waals surface area contributed by atoms with Gasteiger partial charge in [0.2, 0.25) is 0 Å². The maximum absolute atomic E-state index is 8.84. The van der Waals surface area contributed by atoms with E-state index < -0.39 is 0 Å². The Bertz CT molecular complexity index is 530. The van der Waals surface area contributed by atoms with Gasteiger partial charge in [0.25, 0.3) is 0 Å². The Morgan fingerprint density at radius 2 is 1.80 bits per heavy atom. The molecule has 0 saturated carbocycles. The van der Waals surface area contributed by atoms with Crippen LogP contribution in [0.3, 0.4) is 0 Å². The third-order valence-electron chi connectivity index (χ3n) is 4.46. The minimum atomic E-state index is 0.665. The molecular formula is C17H21N3. The summed E-state index contributed by atoms with van der Waals surface area (Å²) in [7, 11) is 0. The Morgan fingerprint density at radius 1 is 1.10 bits per heavy atom. The Kier molecular flexibility index (Phi) is 3.75. The van der Waals surface area contributed by atoms with E-state index in [0.29, 0.717) is 6.04 Å². The average Bonchev–Trinajstić information content (AvgIpc) is 2.94. The highest BCUT2D eigenvalue weighted by atomic mass is 15.3. The molecule has 0 unspecified atom stereocenters. The first-order chi connectivity index (χ1) is 9.76. The Balaban J connectivity index is 1.59. The number of hydrogen-bond acceptors (Lipinski definition) is 3. The highest BCUT2D eigenvalue weighted by Crippen LogP contribution is 2.24. The highest BCUT2D eigenvalue weighted by molar-refractivity contribution is 5.50. The Labute approximate surface area is 121 Å². The van der Waals surface area contributed by atoms with Crippen molar-refractivity contribution in [2.24, 2.45) is 0 Å². The zero-order valence-corrected chi connectivity index (χ0v) is 12.0. The smallest absolute Gasteiger partial charge is 0.0991 e. The van der Waals surface area contributed by atoms with E-state index in [-0.39, 0.29) is 0 Å². The number of allylic oxidation sites excluding steroid dienone is 1. The summed E-state index contributed by atoms with van der Waals surface area (Å²) in [6.07, 6.45) is 5.00. The van der Waals surface area contributed by atoms with Gasteiger partial charge in [0.05, 0.1) is 11.6 Å². The molecule has 0 bridgehead atoms. The number of rotatable bonds is 2. The van der Waals surface area contributed by atoms with Crippen LogP contribution in [-0.2, 0) is 0 Å². The van der Waals surface area contributed by atoms with Gasteiger partial charge in [-0.25, -0.2) is 0 Å². The van der Waals surface area contributed by atoms with Gasteiger partial charge < -0.3 is 4.90 Å². The zero-order chi connectivity index (χ0) is 13.9. The van der Waals surface area contributed by atoms with E-state index in [0.717, 1.165) is 31.7 Å². The molecule has 0 aromatic heterocycles. The first kappa shape index (κ1) is 13.2. The fourth-order valence-corrected chi connectivity index (χ4v) is 3.22. The van der Waals surface area contributed by atoms with Crippen molar-refractivity contribution in [1.29, 1.82) is 5.26 Å². The summed E-state index contributed by atoms with van der Waals surface area (Å²) in [5.41, 5.74) is 3.52. The molecule has 0 N–H and O–H groups in total. The number of piperazine rings is 1. The predicted octanol–water partition coefficient (Wildman–Crippen LogP) is 2.79. The second kappa shape index (κ2) is 5.68. The monoisotopic (exact) mass is 267 g/mol. The molecule has 3 heteroatoms. The lowest BCUT2D eigenvalue weighted by molar-refractivity contribution is 0.214. The van der Waals surface area contributed by atoms with Crippen molar-refractivity contribution in [1.82, 2.24) is 4.90 Å². The summed E-state index contributed by atoms with van der Waals surface area (Å²) in [6, 6.07) is 10.8. The van der Waals surface area contributed by atoms with Crippen molar-refractivity contribution in [3.8, 4) is 6.07 Å². The normalized spacial score (nSPS) is 23.5. The van der Waals surface area contributed by atoms with E-state index in [2.05, 4.69) is 41.0 Å². The number of nitrogens with zero attached hydrogens (tertiary/aromatic N) is 3. The Hall–Kier alpha value is -1.79. The van der Waals surface area contributed by atoms with Gasteiger partial charge in [-0.2, -0.15) is 5.26 Å². The van der Waals surface area contributed by atoms with E-state index in [1.54, 1.807) is 5.57 Å². The third-order valence-corrected chi connectivity index (χ3v) is 4.46. The fraction of sp³-hybridized carbons (Fsp3) is 0.471. The van der Waals surface area contributed by atoms with Crippen LogP contribution in [0.15, 0.2) is 35.9 Å². The van der Waals surface area contributed by atoms with Crippen molar-refractivity contribution in [3.63, 3.8) is 0 Å². The summed E-state index contributed by atoms with van der Waals surface area (Å²) in [6.45, 7) is 6.67. The van der Waals surface area contributed by atoms with Gasteiger partial charge in [0, 0.05) is 37.9 Å². The van der Waals surface area contributed by atoms with E-state index in [1.807, 2.05) is 12.1 Å². The van der Waals surface area contributed by atoms with Crippen LogP contribution in [0.4, 0.5) is 5.69 Å². The molecule has 1 aliphatic carbocycles. The topological polar surface area (TPSA) is 30.3 Å². The molecule has 0 amide bonds. The minimum Gasteiger partial charge on any atom is -0.369 e. The molecule has 1 aromatic rings. The molecule has 1 aromatic carbocycles. The van der Waals surface area contributed by atoms with E-state index in [1.165, 1.54) is 18.5 Å². The third kappa shape index (κ3) is 2.71. The van der Waals surface area contributed by atoms with E-state index in [4.69, 9.17) is 5.26 Å². The fourth-order valence-electron chi connectivity index (χ4n) is 3.22. The first-order valence-corrected chi connectivity index (χ1v) is 7.43. The number of benzene rings is 1. The van der Waals surface area contributed by atoms with E-state index in [9.17, 15) is 0 Å². The van der Waals surface area contributed by atoms with Crippen molar-refractivity contribution in [2.75, 3.05) is 31.1 Å². The number of hydrogen-bond donors (Lipinski definition) is 0. The summed E-state index contributed by atoms with van der Waals surface area (Å²) >= 11 is 0. The van der Waals surface area contributed by atoms with Crippen LogP contribution in [0.25, 0.3) is 0 Å². The summed E-state index contributed by atoms with van der Waals surface area (Å²) < 4.78 is 0. The average molecular weight is 267 g/mol. The van der Waals surface area contributed by atoms with Crippen LogP contribution in [0, 0.1) is 11.3 Å². The molecule has 3 nitrogen and oxygen atoms in total. The summed E-state index contributed by atoms with van der Waals surface area (Å²) in [5.74, 6) is 0. The zero-order valence-electron chi connectivity index (χ0n) is 12.0. The molecule has 1 heterocycles. The van der Waals surface area contributed by atoms with Crippen molar-refractivity contribution >= 4 is 5.69 Å². The van der Waals surface area contributed by atoms with Gasteiger partial charge in [-0.3, -0.25) is 4.90 Å². The standard InChI is InChI=1S/C17H21N3/c1-14-2-5-17(12-14)20-10-8-19(9-11-20)16-6-3-15(13-18)4-7-16/h3-4,6-7,12,17H,2,5,8-11H2,1H3/t17-/m1/s1. The van der Waals surface area contributed by atoms with Gasteiger partial charge in [-0.05, 0) is 44.0 Å². The first-order valence-electron chi connectivity index (χ1n) is 7.43. The van der Waals surface area contributed by atoms with Crippen LogP contribution in [0.5, 0.6) is 0 Å². The van der Waals surface area contributed by atoms with Crippen molar-refractivity contribution < 1.29 is 0 Å². The second-order valence-corrected chi connectivity index (χ2v) is 5.80. The van der Waals surface area contributed by atoms with E-state index >= 15 is 0 Å². The van der Waals surface area contributed by atoms with Crippen LogP contribution in [-0.4, -0.2) is 37.1 Å². The lowest BCUT2D eigenvalue weighted by Crippen LogP contribution is -2.49. The van der Waals surface area contributed by atoms with Crippen LogP contribution >= 0.6 is 0 Å². The highest BCUT2D eigenvalue weighted by Gasteiger charge is 2.24. The quantitative estimate of drug-likeness (QED) is 0.772. The predicted molar refractivity (Wildman–Crippen MR) is 81.7 cm³/mol. The number of anilines is 1. The van der Waals surface area contributed by atoms with Crippen molar-refractivity contribution in [3.05, 3.63) is 41.5 Å². The molecule has 0 radical (unpaired) electrons. The van der Waals surface area contributed by atoms with Crippen molar-refractivity contribution in [2.45, 2.75) is 25.8 Å². The van der Waals surface area contributed by atoms with Gasteiger partial charge in [-0.1, -0.05) is 11.6 Å². The largest absolute Gasteiger partial charge is 0.369 e. The van der Waals surface area contributed by atoms with Gasteiger partial charge in [0.15, 0.2) is 0 Å². The Morgan fingerprint density at radius 3 is 2.35 bits per heavy atom. The van der Waals surface area contributed by atoms with Crippen LogP contribution < -0.4 is 4.90 Å². The molecule has 1 saturated heterocycles. The maximum Gasteiger partial charge on any atom is 0.0991 e. The van der Waals surface area contributed by atoms with Gasteiger partial charge in [0.1, 0.15) is 0 Å². The second-order valence-electron chi connectivity index (χ2n) is 5.80. The summed E-state index contributed by atoms with van der Waals surface area (Å²) in [5, 5.41) is 8.84. The molecule has 104 valence electrons. The summed E-state index contributed by atoms with van der Waals surface area (Å²) in [4.78, 5) is 5.03. The molecule has 2 aliphatic rings. The lowest BCUT2D eigenvalue weighted by Gasteiger charge is -2.38. The van der Waals surface area contributed by atoms with Gasteiger partial charge in [-0.15, -0.1) is 0 Å². The number of nitriles is 1. The molecule has 0 spiro atoms. The molecule has 1 fully saturated rings. The molecular weight excluding hydrogens is 246 g/mol. The van der Waals surface area contributed by atoms with Crippen LogP contribution in [0.2, 0.25) is 0 Å². The molecule has 20 heavy (non-hydrogen) atoms. The molecule has 1 aliphatic heterocycles. The van der Waals surface area contributed by atoms with Gasteiger partial charge >= 0.3 is 0 Å². The maximum atomic E-state index is 8.84. The molecule has 3 rings (SSSR count). The minimum absolute atomic E-state index is 0.665.